The third-order valence-corrected chi connectivity index (χ3v) is 4.99. The normalized spacial score (nSPS) is 22.9. The highest BCUT2D eigenvalue weighted by Crippen LogP contribution is 2.57. The topological polar surface area (TPSA) is 102 Å². The molecule has 1 aliphatic carbocycles. The number of halogens is 3. The van der Waals surface area contributed by atoms with Crippen LogP contribution in [-0.4, -0.2) is 21.8 Å². The first-order valence-corrected chi connectivity index (χ1v) is 8.69. The predicted molar refractivity (Wildman–Crippen MR) is 95.3 cm³/mol. The summed E-state index contributed by atoms with van der Waals surface area (Å²) in [4.78, 5) is 20.0. The molecule has 1 saturated carbocycles. The number of carbonyl (C=O) groups is 1. The van der Waals surface area contributed by atoms with Gasteiger partial charge in [-0.25, -0.2) is 13.8 Å². The van der Waals surface area contributed by atoms with Crippen molar-refractivity contribution in [1.82, 2.24) is 15.3 Å². The fraction of sp³-hybridized carbons (Fsp3) is 0.316. The van der Waals surface area contributed by atoms with Crippen molar-refractivity contribution >= 4 is 17.5 Å². The summed E-state index contributed by atoms with van der Waals surface area (Å²) in [5.41, 5.74) is -1.20. The van der Waals surface area contributed by atoms with Crippen LogP contribution in [0.2, 0.25) is 5.15 Å². The second-order valence-electron chi connectivity index (χ2n) is 6.64. The van der Waals surface area contributed by atoms with Gasteiger partial charge in [0.15, 0.2) is 0 Å². The van der Waals surface area contributed by atoms with Crippen LogP contribution in [0.25, 0.3) is 0 Å². The average molecular weight is 402 g/mol. The summed E-state index contributed by atoms with van der Waals surface area (Å²) in [5, 5.41) is 21.2. The minimum absolute atomic E-state index is 0.0728. The van der Waals surface area contributed by atoms with E-state index in [0.717, 1.165) is 0 Å². The van der Waals surface area contributed by atoms with E-state index in [2.05, 4.69) is 15.3 Å². The maximum atomic E-state index is 15.1. The van der Waals surface area contributed by atoms with Crippen molar-refractivity contribution in [2.75, 3.05) is 0 Å². The molecule has 0 aliphatic heterocycles. The highest BCUT2D eigenvalue weighted by molar-refractivity contribution is 6.29. The Balaban J connectivity index is 2.27. The molecule has 2 atom stereocenters. The van der Waals surface area contributed by atoms with E-state index in [-0.39, 0.29) is 34.0 Å². The maximum Gasteiger partial charge on any atom is 0.257 e. The molecule has 6 nitrogen and oxygen atoms in total. The van der Waals surface area contributed by atoms with Gasteiger partial charge in [0.05, 0.1) is 52.8 Å². The Morgan fingerprint density at radius 3 is 2.32 bits per heavy atom. The first-order chi connectivity index (χ1) is 13.2. The molecule has 1 aromatic heterocycles. The van der Waals surface area contributed by atoms with Gasteiger partial charge in [-0.1, -0.05) is 11.6 Å². The lowest BCUT2D eigenvalue weighted by atomic mass is 9.77. The van der Waals surface area contributed by atoms with Crippen molar-refractivity contribution in [3.05, 3.63) is 58.1 Å². The van der Waals surface area contributed by atoms with Crippen molar-refractivity contribution in [2.45, 2.75) is 37.1 Å². The molecule has 0 unspecified atom stereocenters. The number of hydrogen-bond donors (Lipinski definition) is 1. The van der Waals surface area contributed by atoms with Gasteiger partial charge in [-0.2, -0.15) is 10.5 Å². The zero-order valence-corrected chi connectivity index (χ0v) is 15.5. The summed E-state index contributed by atoms with van der Waals surface area (Å²) in [6, 6.07) is 7.70. The van der Waals surface area contributed by atoms with Crippen LogP contribution < -0.4 is 5.32 Å². The molecule has 0 bridgehead atoms. The number of rotatable bonds is 3. The first kappa shape index (κ1) is 19.7. The second-order valence-corrected chi connectivity index (χ2v) is 7.03. The summed E-state index contributed by atoms with van der Waals surface area (Å²) in [5.74, 6) is -5.28. The predicted octanol–water partition coefficient (Wildman–Crippen LogP) is 3.42. The number of carbonyl (C=O) groups excluding carboxylic acids is 1. The Labute approximate surface area is 164 Å². The molecule has 0 spiro atoms. The van der Waals surface area contributed by atoms with Gasteiger partial charge in [-0.3, -0.25) is 9.78 Å². The Morgan fingerprint density at radius 2 is 1.82 bits per heavy atom. The molecule has 142 valence electrons. The summed E-state index contributed by atoms with van der Waals surface area (Å²) < 4.78 is 30.2. The van der Waals surface area contributed by atoms with E-state index in [0.29, 0.717) is 0 Å². The molecule has 9 heteroatoms. The molecule has 0 radical (unpaired) electrons. The van der Waals surface area contributed by atoms with Crippen molar-refractivity contribution in [3.63, 3.8) is 0 Å². The Morgan fingerprint density at radius 1 is 1.18 bits per heavy atom. The van der Waals surface area contributed by atoms with E-state index in [4.69, 9.17) is 11.6 Å². The van der Waals surface area contributed by atoms with Crippen LogP contribution in [0.3, 0.4) is 0 Å². The molecular weight excluding hydrogens is 388 g/mol. The third kappa shape index (κ3) is 3.39. The minimum atomic E-state index is -3.22. The third-order valence-electron chi connectivity index (χ3n) is 4.79. The van der Waals surface area contributed by atoms with E-state index in [1.54, 1.807) is 0 Å². The Kier molecular flexibility index (Phi) is 5.01. The van der Waals surface area contributed by atoms with Gasteiger partial charge in [-0.05, 0) is 30.2 Å². The molecule has 0 saturated heterocycles. The molecule has 1 aromatic carbocycles. The molecule has 3 rings (SSSR count). The van der Waals surface area contributed by atoms with E-state index in [9.17, 15) is 15.3 Å². The van der Waals surface area contributed by atoms with Gasteiger partial charge in [0.1, 0.15) is 5.15 Å². The van der Waals surface area contributed by atoms with Gasteiger partial charge >= 0.3 is 0 Å². The van der Waals surface area contributed by atoms with Gasteiger partial charge in [0, 0.05) is 13.3 Å². The van der Waals surface area contributed by atoms with Crippen molar-refractivity contribution in [3.8, 4) is 12.1 Å². The van der Waals surface area contributed by atoms with Crippen molar-refractivity contribution in [1.29, 1.82) is 10.5 Å². The number of amides is 1. The standard InChI is InChI=1S/C19H14ClF2N5O/c1-11(28)27-18(15-9-26-16(20)10-25-15)2-3-19(21,22)17(18)14-5-12(7-23)4-13(6-14)8-24/h4-6,9-10,17H,2-3H2,1H3,(H,27,28)/t17-,18+/m1/s1. The van der Waals surface area contributed by atoms with E-state index >= 15 is 8.78 Å². The van der Waals surface area contributed by atoms with Crippen LogP contribution in [0.4, 0.5) is 8.78 Å². The highest BCUT2D eigenvalue weighted by atomic mass is 35.5. The number of nitrogens with one attached hydrogen (secondary N) is 1. The van der Waals surface area contributed by atoms with E-state index < -0.39 is 29.7 Å². The molecule has 1 heterocycles. The number of benzene rings is 1. The SMILES string of the molecule is CC(=O)N[C@]1(c2cnc(Cl)cn2)CCC(F)(F)[C@@H]1c1cc(C#N)cc(C#N)c1. The molecule has 1 fully saturated rings. The molecule has 28 heavy (non-hydrogen) atoms. The van der Waals surface area contributed by atoms with Gasteiger partial charge in [0.2, 0.25) is 5.91 Å². The summed E-state index contributed by atoms with van der Waals surface area (Å²) in [7, 11) is 0. The first-order valence-electron chi connectivity index (χ1n) is 8.31. The summed E-state index contributed by atoms with van der Waals surface area (Å²) in [6.45, 7) is 1.23. The zero-order valence-electron chi connectivity index (χ0n) is 14.7. The second kappa shape index (κ2) is 7.14. The maximum absolute atomic E-state index is 15.1. The van der Waals surface area contributed by atoms with Gasteiger partial charge < -0.3 is 5.32 Å². The van der Waals surface area contributed by atoms with Crippen LogP contribution in [0.15, 0.2) is 30.6 Å². The quantitative estimate of drug-likeness (QED) is 0.848. The van der Waals surface area contributed by atoms with Crippen LogP contribution in [0, 0.1) is 22.7 Å². The van der Waals surface area contributed by atoms with Crippen LogP contribution >= 0.6 is 11.6 Å². The molecule has 1 N–H and O–H groups in total. The highest BCUT2D eigenvalue weighted by Gasteiger charge is 2.61. The fourth-order valence-corrected chi connectivity index (χ4v) is 3.92. The minimum Gasteiger partial charge on any atom is -0.344 e. The summed E-state index contributed by atoms with van der Waals surface area (Å²) in [6.07, 6.45) is 1.87. The average Bonchev–Trinajstić information content (AvgIpc) is 2.92. The zero-order chi connectivity index (χ0) is 20.5. The van der Waals surface area contributed by atoms with Crippen molar-refractivity contribution < 1.29 is 13.6 Å². The lowest BCUT2D eigenvalue weighted by molar-refractivity contribution is -0.121. The van der Waals surface area contributed by atoms with Crippen LogP contribution in [-0.2, 0) is 10.3 Å². The largest absolute Gasteiger partial charge is 0.344 e. The number of aromatic nitrogens is 2. The van der Waals surface area contributed by atoms with Crippen LogP contribution in [0.1, 0.15) is 48.1 Å². The molecule has 2 aromatic rings. The lowest BCUT2D eigenvalue weighted by Gasteiger charge is -2.37. The summed E-state index contributed by atoms with van der Waals surface area (Å²) >= 11 is 5.78. The monoisotopic (exact) mass is 401 g/mol. The number of nitriles is 2. The molecule has 1 aliphatic rings. The molecule has 1 amide bonds. The Hall–Kier alpha value is -3.10. The van der Waals surface area contributed by atoms with E-state index in [1.807, 2.05) is 12.1 Å². The lowest BCUT2D eigenvalue weighted by Crippen LogP contribution is -2.50. The smallest absolute Gasteiger partial charge is 0.257 e. The number of hydrogen-bond acceptors (Lipinski definition) is 5. The van der Waals surface area contributed by atoms with Gasteiger partial charge in [-0.15, -0.1) is 0 Å². The fourth-order valence-electron chi connectivity index (χ4n) is 3.82. The van der Waals surface area contributed by atoms with Crippen LogP contribution in [0.5, 0.6) is 0 Å². The molecular formula is C19H14ClF2N5O. The number of alkyl halides is 2. The van der Waals surface area contributed by atoms with E-state index in [1.165, 1.54) is 37.5 Å². The number of nitrogens with zero attached hydrogens (tertiary/aromatic N) is 4. The van der Waals surface area contributed by atoms with Crippen molar-refractivity contribution in [2.24, 2.45) is 0 Å². The Bertz CT molecular complexity index is 980. The van der Waals surface area contributed by atoms with Gasteiger partial charge in [0.25, 0.3) is 5.92 Å².